The number of hydrogen-bond donors (Lipinski definition) is 0. The van der Waals surface area contributed by atoms with Crippen LogP contribution in [0, 0.1) is 0 Å². The van der Waals surface area contributed by atoms with Gasteiger partial charge in [0, 0.05) is 31.9 Å². The fourth-order valence-electron chi connectivity index (χ4n) is 1.92. The van der Waals surface area contributed by atoms with Crippen LogP contribution in [0.3, 0.4) is 0 Å². The summed E-state index contributed by atoms with van der Waals surface area (Å²) >= 11 is 5.80. The molecule has 1 fully saturated rings. The van der Waals surface area contributed by atoms with Gasteiger partial charge in [-0.25, -0.2) is 0 Å². The molecule has 0 amide bonds. The molecular weight excluding hydrogens is 224 g/mol. The van der Waals surface area contributed by atoms with Gasteiger partial charge < -0.3 is 9.64 Å². The Hall–Kier alpha value is -0.930. The van der Waals surface area contributed by atoms with Gasteiger partial charge in [-0.3, -0.25) is 4.90 Å². The molecule has 0 radical (unpaired) electrons. The number of benzene rings is 1. The Morgan fingerprint density at radius 3 is 2.25 bits per heavy atom. The zero-order valence-corrected chi connectivity index (χ0v) is 10.3. The molecule has 0 saturated carbocycles. The first-order valence-electron chi connectivity index (χ1n) is 5.51. The minimum absolute atomic E-state index is 0.635. The molecule has 4 heteroatoms. The van der Waals surface area contributed by atoms with E-state index in [2.05, 4.69) is 21.9 Å². The van der Waals surface area contributed by atoms with Crippen LogP contribution < -0.4 is 9.64 Å². The normalized spacial score (nSPS) is 17.5. The predicted molar refractivity (Wildman–Crippen MR) is 67.5 cm³/mol. The van der Waals surface area contributed by atoms with E-state index in [0.29, 0.717) is 6.00 Å². The SMILES string of the molecule is COc1ccc(N2CCN(CCl)CC2)cc1. The minimum Gasteiger partial charge on any atom is -0.497 e. The topological polar surface area (TPSA) is 15.7 Å². The van der Waals surface area contributed by atoms with Gasteiger partial charge in [-0.15, -0.1) is 11.6 Å². The van der Waals surface area contributed by atoms with E-state index in [9.17, 15) is 0 Å². The molecule has 0 aliphatic carbocycles. The zero-order valence-electron chi connectivity index (χ0n) is 9.53. The Labute approximate surface area is 102 Å². The number of halogens is 1. The molecule has 1 aromatic carbocycles. The lowest BCUT2D eigenvalue weighted by Gasteiger charge is -2.35. The maximum Gasteiger partial charge on any atom is 0.119 e. The summed E-state index contributed by atoms with van der Waals surface area (Å²) in [6.45, 7) is 4.16. The molecule has 1 aliphatic heterocycles. The molecule has 1 saturated heterocycles. The van der Waals surface area contributed by atoms with Crippen molar-refractivity contribution in [2.75, 3.05) is 44.2 Å². The lowest BCUT2D eigenvalue weighted by atomic mass is 10.2. The van der Waals surface area contributed by atoms with Crippen LogP contribution in [0.5, 0.6) is 5.75 Å². The standard InChI is InChI=1S/C12H17ClN2O/c1-16-12-4-2-11(3-5-12)15-8-6-14(10-13)7-9-15/h2-5H,6-10H2,1H3. The van der Waals surface area contributed by atoms with Gasteiger partial charge in [0.1, 0.15) is 5.75 Å². The molecule has 1 aromatic rings. The fraction of sp³-hybridized carbons (Fsp3) is 0.500. The minimum atomic E-state index is 0.635. The van der Waals surface area contributed by atoms with E-state index in [4.69, 9.17) is 16.3 Å². The van der Waals surface area contributed by atoms with Crippen molar-refractivity contribution < 1.29 is 4.74 Å². The van der Waals surface area contributed by atoms with Crippen molar-refractivity contribution in [3.05, 3.63) is 24.3 Å². The van der Waals surface area contributed by atoms with Crippen molar-refractivity contribution in [1.82, 2.24) is 4.90 Å². The van der Waals surface area contributed by atoms with E-state index in [1.807, 2.05) is 12.1 Å². The maximum absolute atomic E-state index is 5.80. The van der Waals surface area contributed by atoms with Gasteiger partial charge in [0.2, 0.25) is 0 Å². The molecule has 0 aromatic heterocycles. The average molecular weight is 241 g/mol. The van der Waals surface area contributed by atoms with Crippen LogP contribution in [0.1, 0.15) is 0 Å². The highest BCUT2D eigenvalue weighted by molar-refractivity contribution is 6.17. The van der Waals surface area contributed by atoms with Crippen LogP contribution in [0.15, 0.2) is 24.3 Å². The number of piperazine rings is 1. The third kappa shape index (κ3) is 2.60. The van der Waals surface area contributed by atoms with Gasteiger partial charge in [-0.05, 0) is 24.3 Å². The number of methoxy groups -OCH3 is 1. The van der Waals surface area contributed by atoms with E-state index in [0.717, 1.165) is 31.9 Å². The van der Waals surface area contributed by atoms with Crippen molar-refractivity contribution in [2.45, 2.75) is 0 Å². The van der Waals surface area contributed by atoms with Gasteiger partial charge in [0.25, 0.3) is 0 Å². The highest BCUT2D eigenvalue weighted by Crippen LogP contribution is 2.20. The van der Waals surface area contributed by atoms with E-state index < -0.39 is 0 Å². The second kappa shape index (κ2) is 5.41. The monoisotopic (exact) mass is 240 g/mol. The third-order valence-corrected chi connectivity index (χ3v) is 3.32. The van der Waals surface area contributed by atoms with Crippen molar-refractivity contribution in [3.63, 3.8) is 0 Å². The molecule has 2 rings (SSSR count). The molecule has 0 bridgehead atoms. The first kappa shape index (κ1) is 11.6. The largest absolute Gasteiger partial charge is 0.497 e. The quantitative estimate of drug-likeness (QED) is 0.594. The summed E-state index contributed by atoms with van der Waals surface area (Å²) in [5.74, 6) is 0.906. The second-order valence-electron chi connectivity index (χ2n) is 3.92. The summed E-state index contributed by atoms with van der Waals surface area (Å²) < 4.78 is 5.15. The second-order valence-corrected chi connectivity index (χ2v) is 4.16. The van der Waals surface area contributed by atoms with Crippen molar-refractivity contribution >= 4 is 17.3 Å². The molecule has 3 nitrogen and oxygen atoms in total. The smallest absolute Gasteiger partial charge is 0.119 e. The molecule has 0 spiro atoms. The van der Waals surface area contributed by atoms with Gasteiger partial charge in [0.05, 0.1) is 13.1 Å². The first-order chi connectivity index (χ1) is 7.83. The number of ether oxygens (including phenoxy) is 1. The van der Waals surface area contributed by atoms with Gasteiger partial charge in [0.15, 0.2) is 0 Å². The maximum atomic E-state index is 5.80. The lowest BCUT2D eigenvalue weighted by Crippen LogP contribution is -2.45. The Bertz CT molecular complexity index is 320. The molecule has 1 aliphatic rings. The van der Waals surface area contributed by atoms with E-state index in [1.54, 1.807) is 7.11 Å². The summed E-state index contributed by atoms with van der Waals surface area (Å²) in [6.07, 6.45) is 0. The van der Waals surface area contributed by atoms with Crippen LogP contribution in [0.4, 0.5) is 5.69 Å². The van der Waals surface area contributed by atoms with Crippen molar-refractivity contribution in [2.24, 2.45) is 0 Å². The van der Waals surface area contributed by atoms with Crippen LogP contribution in [0.25, 0.3) is 0 Å². The first-order valence-corrected chi connectivity index (χ1v) is 6.04. The summed E-state index contributed by atoms with van der Waals surface area (Å²) in [5, 5.41) is 0. The van der Waals surface area contributed by atoms with Crippen molar-refractivity contribution in [1.29, 1.82) is 0 Å². The molecule has 0 N–H and O–H groups in total. The predicted octanol–water partition coefficient (Wildman–Crippen LogP) is 2.01. The highest BCUT2D eigenvalue weighted by atomic mass is 35.5. The number of anilines is 1. The van der Waals surface area contributed by atoms with Crippen LogP contribution in [-0.2, 0) is 0 Å². The van der Waals surface area contributed by atoms with E-state index >= 15 is 0 Å². The van der Waals surface area contributed by atoms with Gasteiger partial charge in [-0.2, -0.15) is 0 Å². The van der Waals surface area contributed by atoms with E-state index in [-0.39, 0.29) is 0 Å². The van der Waals surface area contributed by atoms with Crippen molar-refractivity contribution in [3.8, 4) is 5.75 Å². The molecular formula is C12H17ClN2O. The van der Waals surface area contributed by atoms with Gasteiger partial charge >= 0.3 is 0 Å². The lowest BCUT2D eigenvalue weighted by molar-refractivity contribution is 0.298. The molecule has 1 heterocycles. The average Bonchev–Trinajstić information content (AvgIpc) is 2.39. The third-order valence-electron chi connectivity index (χ3n) is 2.98. The molecule has 88 valence electrons. The fourth-order valence-corrected chi connectivity index (χ4v) is 2.16. The number of nitrogens with zero attached hydrogens (tertiary/aromatic N) is 2. The number of alkyl halides is 1. The summed E-state index contributed by atoms with van der Waals surface area (Å²) in [4.78, 5) is 4.63. The van der Waals surface area contributed by atoms with Gasteiger partial charge in [-0.1, -0.05) is 0 Å². The molecule has 0 atom stereocenters. The Balaban J connectivity index is 1.97. The highest BCUT2D eigenvalue weighted by Gasteiger charge is 2.15. The van der Waals surface area contributed by atoms with E-state index in [1.165, 1.54) is 5.69 Å². The summed E-state index contributed by atoms with van der Waals surface area (Å²) in [6, 6.07) is 8.85. The number of hydrogen-bond acceptors (Lipinski definition) is 3. The Kier molecular flexibility index (Phi) is 3.91. The Morgan fingerprint density at radius 1 is 1.12 bits per heavy atom. The summed E-state index contributed by atoms with van der Waals surface area (Å²) in [7, 11) is 1.69. The molecule has 0 unspecified atom stereocenters. The summed E-state index contributed by atoms with van der Waals surface area (Å²) in [5.41, 5.74) is 1.26. The zero-order chi connectivity index (χ0) is 11.4. The Morgan fingerprint density at radius 2 is 1.75 bits per heavy atom. The number of rotatable bonds is 3. The van der Waals surface area contributed by atoms with Crippen LogP contribution in [0.2, 0.25) is 0 Å². The van der Waals surface area contributed by atoms with Crippen LogP contribution in [-0.4, -0.2) is 44.2 Å². The van der Waals surface area contributed by atoms with Crippen LogP contribution >= 0.6 is 11.6 Å². The molecule has 16 heavy (non-hydrogen) atoms.